The second kappa shape index (κ2) is 8.75. The summed E-state index contributed by atoms with van der Waals surface area (Å²) in [5.74, 6) is 1.23. The molecule has 1 N–H and O–H groups in total. The number of nitrogens with one attached hydrogen (secondary N) is 1. The summed E-state index contributed by atoms with van der Waals surface area (Å²) in [6, 6.07) is 10.0. The van der Waals surface area contributed by atoms with E-state index < -0.39 is 0 Å². The van der Waals surface area contributed by atoms with Crippen molar-refractivity contribution in [1.29, 1.82) is 0 Å². The summed E-state index contributed by atoms with van der Waals surface area (Å²) < 4.78 is 0. The number of aromatic nitrogens is 2. The van der Waals surface area contributed by atoms with Crippen LogP contribution in [0.25, 0.3) is 11.3 Å². The molecule has 0 aliphatic heterocycles. The number of amides is 1. The molecule has 1 fully saturated rings. The average Bonchev–Trinajstić information content (AvgIpc) is 2.65. The highest BCUT2D eigenvalue weighted by molar-refractivity contribution is 5.90. The van der Waals surface area contributed by atoms with Crippen LogP contribution in [0.4, 0.5) is 5.82 Å². The molecule has 2 aromatic rings. The van der Waals surface area contributed by atoms with Crippen LogP contribution in [0.5, 0.6) is 0 Å². The molecular formula is C21H27N3O. The van der Waals surface area contributed by atoms with Gasteiger partial charge in [0, 0.05) is 12.0 Å². The van der Waals surface area contributed by atoms with E-state index in [0.717, 1.165) is 29.8 Å². The Balaban J connectivity index is 1.72. The van der Waals surface area contributed by atoms with Gasteiger partial charge in [0.05, 0.1) is 17.6 Å². The van der Waals surface area contributed by atoms with Crippen LogP contribution in [0.1, 0.15) is 57.6 Å². The summed E-state index contributed by atoms with van der Waals surface area (Å²) in [6.07, 6.45) is 10.3. The molecule has 0 spiro atoms. The maximum atomic E-state index is 12.4. The third-order valence-electron chi connectivity index (χ3n) is 4.86. The first kappa shape index (κ1) is 17.6. The molecule has 1 aliphatic rings. The monoisotopic (exact) mass is 337 g/mol. The third kappa shape index (κ3) is 4.88. The molecule has 1 amide bonds. The fourth-order valence-corrected chi connectivity index (χ4v) is 3.53. The van der Waals surface area contributed by atoms with Crippen molar-refractivity contribution in [2.45, 2.75) is 58.3 Å². The fourth-order valence-electron chi connectivity index (χ4n) is 3.53. The van der Waals surface area contributed by atoms with Crippen molar-refractivity contribution < 1.29 is 4.79 Å². The normalized spacial score (nSPS) is 15.1. The lowest BCUT2D eigenvalue weighted by Crippen LogP contribution is -2.20. The van der Waals surface area contributed by atoms with Crippen LogP contribution in [0.3, 0.4) is 0 Å². The van der Waals surface area contributed by atoms with Gasteiger partial charge in [-0.3, -0.25) is 4.79 Å². The number of carbonyl (C=O) groups is 1. The molecule has 1 saturated carbocycles. The largest absolute Gasteiger partial charge is 0.309 e. The Morgan fingerprint density at radius 2 is 1.92 bits per heavy atom. The SMILES string of the molecule is CCCc1nc(-c2ccccc2)cnc1NC(=O)CC1CCCCC1. The van der Waals surface area contributed by atoms with Gasteiger partial charge in [0.1, 0.15) is 0 Å². The van der Waals surface area contributed by atoms with E-state index in [2.05, 4.69) is 17.2 Å². The summed E-state index contributed by atoms with van der Waals surface area (Å²) in [6.45, 7) is 2.12. The molecule has 4 heteroatoms. The van der Waals surface area contributed by atoms with Crippen LogP contribution in [0, 0.1) is 5.92 Å². The maximum Gasteiger partial charge on any atom is 0.225 e. The first-order chi connectivity index (χ1) is 12.3. The van der Waals surface area contributed by atoms with Gasteiger partial charge in [0.25, 0.3) is 0 Å². The Hall–Kier alpha value is -2.23. The number of hydrogen-bond acceptors (Lipinski definition) is 3. The Morgan fingerprint density at radius 1 is 1.16 bits per heavy atom. The lowest BCUT2D eigenvalue weighted by atomic mass is 9.87. The van der Waals surface area contributed by atoms with Gasteiger partial charge in [-0.15, -0.1) is 0 Å². The summed E-state index contributed by atoms with van der Waals surface area (Å²) in [5, 5.41) is 3.01. The number of aryl methyl sites for hydroxylation is 1. The maximum absolute atomic E-state index is 12.4. The van der Waals surface area contributed by atoms with E-state index in [9.17, 15) is 4.79 Å². The van der Waals surface area contributed by atoms with Gasteiger partial charge in [0.15, 0.2) is 5.82 Å². The second-order valence-corrected chi connectivity index (χ2v) is 6.92. The van der Waals surface area contributed by atoms with Gasteiger partial charge < -0.3 is 5.32 Å². The predicted molar refractivity (Wildman–Crippen MR) is 101 cm³/mol. The zero-order valence-corrected chi connectivity index (χ0v) is 15.0. The topological polar surface area (TPSA) is 54.9 Å². The summed E-state index contributed by atoms with van der Waals surface area (Å²) in [7, 11) is 0. The minimum atomic E-state index is 0.0750. The number of hydrogen-bond donors (Lipinski definition) is 1. The zero-order valence-electron chi connectivity index (χ0n) is 15.0. The van der Waals surface area contributed by atoms with Crippen LogP contribution >= 0.6 is 0 Å². The van der Waals surface area contributed by atoms with Crippen LogP contribution in [0.15, 0.2) is 36.5 Å². The van der Waals surface area contributed by atoms with E-state index in [0.29, 0.717) is 18.2 Å². The van der Waals surface area contributed by atoms with Crippen molar-refractivity contribution in [2.24, 2.45) is 5.92 Å². The summed E-state index contributed by atoms with van der Waals surface area (Å²) in [5.41, 5.74) is 2.78. The van der Waals surface area contributed by atoms with Crippen molar-refractivity contribution in [2.75, 3.05) is 5.32 Å². The highest BCUT2D eigenvalue weighted by Crippen LogP contribution is 2.27. The number of carbonyl (C=O) groups excluding carboxylic acids is 1. The van der Waals surface area contributed by atoms with Crippen LogP contribution in [0.2, 0.25) is 0 Å². The van der Waals surface area contributed by atoms with E-state index >= 15 is 0 Å². The zero-order chi connectivity index (χ0) is 17.5. The molecule has 0 atom stereocenters. The highest BCUT2D eigenvalue weighted by Gasteiger charge is 2.18. The van der Waals surface area contributed by atoms with Gasteiger partial charge in [-0.1, -0.05) is 62.9 Å². The van der Waals surface area contributed by atoms with Gasteiger partial charge in [-0.2, -0.15) is 0 Å². The molecule has 0 bridgehead atoms. The second-order valence-electron chi connectivity index (χ2n) is 6.92. The van der Waals surface area contributed by atoms with E-state index in [1.807, 2.05) is 30.3 Å². The standard InChI is InChI=1S/C21H27N3O/c1-2-9-18-21(24-20(25)14-16-10-5-3-6-11-16)22-15-19(23-18)17-12-7-4-8-13-17/h4,7-8,12-13,15-16H,2-3,5-6,9-11,14H2,1H3,(H,22,24,25). The summed E-state index contributed by atoms with van der Waals surface area (Å²) in [4.78, 5) is 21.7. The number of benzene rings is 1. The fraction of sp³-hybridized carbons (Fsp3) is 0.476. The average molecular weight is 337 g/mol. The Labute approximate surface area is 150 Å². The van der Waals surface area contributed by atoms with Crippen LogP contribution in [-0.2, 0) is 11.2 Å². The highest BCUT2D eigenvalue weighted by atomic mass is 16.1. The van der Waals surface area contributed by atoms with Crippen molar-refractivity contribution in [3.63, 3.8) is 0 Å². The molecule has 3 rings (SSSR count). The van der Waals surface area contributed by atoms with Gasteiger partial charge in [-0.05, 0) is 25.2 Å². The minimum Gasteiger partial charge on any atom is -0.309 e. The van der Waals surface area contributed by atoms with Crippen molar-refractivity contribution in [3.05, 3.63) is 42.2 Å². The Kier molecular flexibility index (Phi) is 6.15. The molecule has 4 nitrogen and oxygen atoms in total. The first-order valence-corrected chi connectivity index (χ1v) is 9.47. The van der Waals surface area contributed by atoms with Gasteiger partial charge in [-0.25, -0.2) is 9.97 Å². The Bertz CT molecular complexity index is 694. The van der Waals surface area contributed by atoms with E-state index in [-0.39, 0.29) is 5.91 Å². The van der Waals surface area contributed by atoms with Gasteiger partial charge >= 0.3 is 0 Å². The molecule has 132 valence electrons. The smallest absolute Gasteiger partial charge is 0.225 e. The molecule has 0 saturated heterocycles. The Morgan fingerprint density at radius 3 is 2.64 bits per heavy atom. The van der Waals surface area contributed by atoms with Crippen molar-refractivity contribution in [1.82, 2.24) is 9.97 Å². The van der Waals surface area contributed by atoms with Crippen molar-refractivity contribution >= 4 is 11.7 Å². The summed E-state index contributed by atoms with van der Waals surface area (Å²) >= 11 is 0. The van der Waals surface area contributed by atoms with Crippen LogP contribution < -0.4 is 5.32 Å². The molecular weight excluding hydrogens is 310 g/mol. The number of anilines is 1. The minimum absolute atomic E-state index is 0.0750. The third-order valence-corrected chi connectivity index (χ3v) is 4.86. The van der Waals surface area contributed by atoms with Crippen LogP contribution in [-0.4, -0.2) is 15.9 Å². The quantitative estimate of drug-likeness (QED) is 0.806. The molecule has 1 aromatic heterocycles. The molecule has 25 heavy (non-hydrogen) atoms. The molecule has 1 aromatic carbocycles. The first-order valence-electron chi connectivity index (χ1n) is 9.47. The van der Waals surface area contributed by atoms with E-state index in [1.165, 1.54) is 32.1 Å². The lowest BCUT2D eigenvalue weighted by Gasteiger charge is -2.21. The molecule has 0 radical (unpaired) electrons. The lowest BCUT2D eigenvalue weighted by molar-refractivity contribution is -0.117. The van der Waals surface area contributed by atoms with Crippen molar-refractivity contribution in [3.8, 4) is 11.3 Å². The molecule has 1 heterocycles. The molecule has 0 unspecified atom stereocenters. The predicted octanol–water partition coefficient (Wildman–Crippen LogP) is 5.01. The van der Waals surface area contributed by atoms with Gasteiger partial charge in [0.2, 0.25) is 5.91 Å². The molecule has 1 aliphatic carbocycles. The number of rotatable bonds is 6. The number of nitrogens with zero attached hydrogens (tertiary/aromatic N) is 2. The van der Waals surface area contributed by atoms with E-state index in [4.69, 9.17) is 4.98 Å². The van der Waals surface area contributed by atoms with E-state index in [1.54, 1.807) is 6.20 Å².